The molecule has 0 bridgehead atoms. The van der Waals surface area contributed by atoms with Crippen LogP contribution in [-0.2, 0) is 19.2 Å². The van der Waals surface area contributed by atoms with Crippen molar-refractivity contribution < 1.29 is 39.6 Å². The molecule has 0 saturated carbocycles. The molecule has 0 aromatic carbocycles. The van der Waals surface area contributed by atoms with Crippen molar-refractivity contribution in [3.8, 4) is 0 Å². The van der Waals surface area contributed by atoms with E-state index in [-0.39, 0.29) is 24.7 Å². The lowest BCUT2D eigenvalue weighted by Gasteiger charge is -2.20. The lowest BCUT2D eigenvalue weighted by Crippen LogP contribution is -2.49. The highest BCUT2D eigenvalue weighted by molar-refractivity contribution is 5.90. The van der Waals surface area contributed by atoms with Gasteiger partial charge in [-0.15, -0.1) is 0 Å². The Morgan fingerprint density at radius 3 is 1.71 bits per heavy atom. The molecular weight excluding hydrogens is 372 g/mol. The first-order chi connectivity index (χ1) is 13.1. The third-order valence-electron chi connectivity index (χ3n) is 4.10. The van der Waals surface area contributed by atoms with Crippen molar-refractivity contribution in [1.29, 1.82) is 0 Å². The topological polar surface area (TPSA) is 173 Å². The first-order valence-corrected chi connectivity index (χ1v) is 9.32. The highest BCUT2D eigenvalue weighted by Gasteiger charge is 2.28. The molecule has 0 aromatic heterocycles. The molecule has 2 amide bonds. The van der Waals surface area contributed by atoms with E-state index < -0.39 is 42.7 Å². The van der Waals surface area contributed by atoms with Gasteiger partial charge in [-0.05, 0) is 26.7 Å². The van der Waals surface area contributed by atoms with Gasteiger partial charge < -0.3 is 35.9 Å². The Bertz CT molecular complexity index is 526. The lowest BCUT2D eigenvalue weighted by molar-refractivity contribution is -0.144. The Labute approximate surface area is 164 Å². The van der Waals surface area contributed by atoms with Crippen molar-refractivity contribution in [1.82, 2.24) is 10.6 Å². The van der Waals surface area contributed by atoms with Gasteiger partial charge in [-0.25, -0.2) is 0 Å². The largest absolute Gasteiger partial charge is 0.389 e. The number of nitrogens with one attached hydrogen (secondary N) is 2. The number of amides is 2. The van der Waals surface area contributed by atoms with Crippen molar-refractivity contribution in [3.05, 3.63) is 0 Å². The fourth-order valence-corrected chi connectivity index (χ4v) is 2.27. The van der Waals surface area contributed by atoms with Crippen LogP contribution in [0.4, 0.5) is 0 Å². The van der Waals surface area contributed by atoms with E-state index in [9.17, 15) is 39.6 Å². The molecule has 0 unspecified atom stereocenters. The van der Waals surface area contributed by atoms with Crippen LogP contribution in [0.5, 0.6) is 0 Å². The van der Waals surface area contributed by atoms with Crippen LogP contribution in [0.2, 0.25) is 0 Å². The second kappa shape index (κ2) is 14.2. The van der Waals surface area contributed by atoms with Crippen LogP contribution in [-0.4, -0.2) is 81.3 Å². The maximum atomic E-state index is 11.7. The van der Waals surface area contributed by atoms with Crippen LogP contribution in [0.3, 0.4) is 0 Å². The molecule has 4 atom stereocenters. The summed E-state index contributed by atoms with van der Waals surface area (Å²) < 4.78 is 0. The van der Waals surface area contributed by atoms with Crippen LogP contribution >= 0.6 is 0 Å². The minimum Gasteiger partial charge on any atom is -0.389 e. The number of aliphatic hydroxyl groups excluding tert-OH is 4. The summed E-state index contributed by atoms with van der Waals surface area (Å²) in [5, 5.41) is 42.9. The predicted octanol–water partition coefficient (Wildman–Crippen LogP) is -1.82. The van der Waals surface area contributed by atoms with Crippen LogP contribution in [0, 0.1) is 0 Å². The molecule has 28 heavy (non-hydrogen) atoms. The number of aliphatic hydroxyl groups is 4. The number of ketones is 2. The molecule has 0 aliphatic heterocycles. The molecule has 0 rings (SSSR count). The Kier molecular flexibility index (Phi) is 13.2. The van der Waals surface area contributed by atoms with Gasteiger partial charge in [0.05, 0.1) is 12.2 Å². The number of rotatable bonds is 15. The standard InChI is InChI=1S/C18H32N2O8/c1-11(21)7-5-3-4-6-8-15(25)19-9-13(23)14(24)10-20-18(28)17(27)16(26)12(2)22/h13-14,16-17,23-24,26-27H,3-10H2,1-2H3,(H,19,25)(H,20,28)/t13-,14+,16+,17+/m0/s1. The smallest absolute Gasteiger partial charge is 0.252 e. The van der Waals surface area contributed by atoms with Gasteiger partial charge in [0.25, 0.3) is 5.91 Å². The molecule has 6 N–H and O–H groups in total. The zero-order valence-electron chi connectivity index (χ0n) is 16.4. The summed E-state index contributed by atoms with van der Waals surface area (Å²) in [6.07, 6.45) is -2.70. The second-order valence-electron chi connectivity index (χ2n) is 6.80. The number of carbonyl (C=O) groups is 4. The summed E-state index contributed by atoms with van der Waals surface area (Å²) in [5.74, 6) is -2.00. The molecular formula is C18H32N2O8. The molecule has 0 saturated heterocycles. The lowest BCUT2D eigenvalue weighted by atomic mass is 10.1. The molecule has 0 fully saturated rings. The summed E-state index contributed by atoms with van der Waals surface area (Å²) >= 11 is 0. The highest BCUT2D eigenvalue weighted by Crippen LogP contribution is 2.05. The summed E-state index contributed by atoms with van der Waals surface area (Å²) in [7, 11) is 0. The molecule has 10 nitrogen and oxygen atoms in total. The van der Waals surface area contributed by atoms with Gasteiger partial charge >= 0.3 is 0 Å². The summed E-state index contributed by atoms with van der Waals surface area (Å²) in [4.78, 5) is 44.9. The average Bonchev–Trinajstić information content (AvgIpc) is 2.64. The van der Waals surface area contributed by atoms with E-state index in [1.54, 1.807) is 0 Å². The van der Waals surface area contributed by atoms with Crippen molar-refractivity contribution in [2.75, 3.05) is 13.1 Å². The van der Waals surface area contributed by atoms with Gasteiger partial charge in [-0.2, -0.15) is 0 Å². The maximum absolute atomic E-state index is 11.7. The van der Waals surface area contributed by atoms with Gasteiger partial charge in [0.2, 0.25) is 5.91 Å². The van der Waals surface area contributed by atoms with Gasteiger partial charge in [0.15, 0.2) is 11.9 Å². The number of carbonyl (C=O) groups excluding carboxylic acids is 4. The molecule has 10 heteroatoms. The number of hydrogen-bond donors (Lipinski definition) is 6. The SMILES string of the molecule is CC(=O)CCCCCCC(=O)NC[C@H](O)[C@H](O)CNC(=O)[C@H](O)[C@H](O)C(C)=O. The number of Topliss-reactive ketones (excluding diaryl/α,β-unsaturated/α-hetero) is 2. The fourth-order valence-electron chi connectivity index (χ4n) is 2.27. The zero-order chi connectivity index (χ0) is 21.7. The van der Waals surface area contributed by atoms with Crippen molar-refractivity contribution in [3.63, 3.8) is 0 Å². The first-order valence-electron chi connectivity index (χ1n) is 9.32. The first kappa shape index (κ1) is 26.1. The van der Waals surface area contributed by atoms with Gasteiger partial charge in [0.1, 0.15) is 11.9 Å². The third kappa shape index (κ3) is 11.8. The molecule has 0 aliphatic rings. The summed E-state index contributed by atoms with van der Waals surface area (Å²) in [5.41, 5.74) is 0. The molecule has 162 valence electrons. The Morgan fingerprint density at radius 1 is 0.714 bits per heavy atom. The van der Waals surface area contributed by atoms with Crippen molar-refractivity contribution in [2.45, 2.75) is 76.8 Å². The van der Waals surface area contributed by atoms with Crippen LogP contribution in [0.1, 0.15) is 52.4 Å². The van der Waals surface area contributed by atoms with E-state index >= 15 is 0 Å². The Balaban J connectivity index is 3.97. The molecule has 0 heterocycles. The quantitative estimate of drug-likeness (QED) is 0.173. The number of hydrogen-bond acceptors (Lipinski definition) is 8. The normalized spacial score (nSPS) is 15.2. The van der Waals surface area contributed by atoms with Crippen LogP contribution < -0.4 is 10.6 Å². The third-order valence-corrected chi connectivity index (χ3v) is 4.10. The summed E-state index contributed by atoms with van der Waals surface area (Å²) in [6, 6.07) is 0. The van der Waals surface area contributed by atoms with E-state index in [1.165, 1.54) is 6.92 Å². The minimum atomic E-state index is -1.98. The summed E-state index contributed by atoms with van der Waals surface area (Å²) in [6.45, 7) is 1.89. The van der Waals surface area contributed by atoms with Crippen LogP contribution in [0.25, 0.3) is 0 Å². The van der Waals surface area contributed by atoms with Gasteiger partial charge in [0, 0.05) is 25.9 Å². The molecule has 0 aromatic rings. The Hall–Kier alpha value is -1.88. The molecule has 0 aliphatic carbocycles. The van der Waals surface area contributed by atoms with Gasteiger partial charge in [-0.1, -0.05) is 12.8 Å². The monoisotopic (exact) mass is 404 g/mol. The van der Waals surface area contributed by atoms with E-state index in [4.69, 9.17) is 0 Å². The second-order valence-corrected chi connectivity index (χ2v) is 6.80. The predicted molar refractivity (Wildman–Crippen MR) is 99.1 cm³/mol. The van der Waals surface area contributed by atoms with Gasteiger partial charge in [-0.3, -0.25) is 14.4 Å². The van der Waals surface area contributed by atoms with E-state index in [2.05, 4.69) is 10.6 Å². The van der Waals surface area contributed by atoms with E-state index in [0.717, 1.165) is 26.2 Å². The zero-order valence-corrected chi connectivity index (χ0v) is 16.4. The van der Waals surface area contributed by atoms with E-state index in [0.29, 0.717) is 12.8 Å². The fraction of sp³-hybridized carbons (Fsp3) is 0.778. The van der Waals surface area contributed by atoms with E-state index in [1.807, 2.05) is 0 Å². The minimum absolute atomic E-state index is 0.144. The van der Waals surface area contributed by atoms with Crippen molar-refractivity contribution in [2.24, 2.45) is 0 Å². The highest BCUT2D eigenvalue weighted by atomic mass is 16.3. The molecule has 0 radical (unpaired) electrons. The average molecular weight is 404 g/mol. The van der Waals surface area contributed by atoms with Crippen LogP contribution in [0.15, 0.2) is 0 Å². The Morgan fingerprint density at radius 2 is 1.21 bits per heavy atom. The molecule has 0 spiro atoms. The number of unbranched alkanes of at least 4 members (excludes halogenated alkanes) is 3. The maximum Gasteiger partial charge on any atom is 0.252 e. The van der Waals surface area contributed by atoms with Crippen molar-refractivity contribution >= 4 is 23.4 Å².